The van der Waals surface area contributed by atoms with Crippen LogP contribution in [0.5, 0.6) is 0 Å². The number of benzene rings is 1. The van der Waals surface area contributed by atoms with E-state index in [4.69, 9.17) is 5.73 Å². The molecule has 0 saturated heterocycles. The van der Waals surface area contributed by atoms with Gasteiger partial charge in [0.2, 0.25) is 0 Å². The summed E-state index contributed by atoms with van der Waals surface area (Å²) in [6.45, 7) is 6.17. The molecule has 1 aromatic heterocycles. The summed E-state index contributed by atoms with van der Waals surface area (Å²) in [5.74, 6) is 0.457. The molecule has 0 aliphatic heterocycles. The number of thiazole rings is 1. The van der Waals surface area contributed by atoms with Crippen molar-refractivity contribution in [1.29, 1.82) is 0 Å². The van der Waals surface area contributed by atoms with E-state index < -0.39 is 10.0 Å². The van der Waals surface area contributed by atoms with Crippen LogP contribution in [-0.4, -0.2) is 19.9 Å². The number of hydrogen-bond acceptors (Lipinski definition) is 5. The molecule has 0 spiro atoms. The third-order valence-corrected chi connectivity index (χ3v) is 6.19. The summed E-state index contributed by atoms with van der Waals surface area (Å²) in [6, 6.07) is 7.57. The highest BCUT2D eigenvalue weighted by molar-refractivity contribution is 7.91. The maximum Gasteiger partial charge on any atom is 0.251 e. The van der Waals surface area contributed by atoms with Crippen molar-refractivity contribution in [2.75, 3.05) is 6.54 Å². The molecule has 2 aromatic rings. The van der Waals surface area contributed by atoms with Crippen LogP contribution < -0.4 is 10.5 Å². The van der Waals surface area contributed by atoms with Gasteiger partial charge in [-0.3, -0.25) is 0 Å². The van der Waals surface area contributed by atoms with Crippen molar-refractivity contribution in [3.8, 4) is 0 Å². The van der Waals surface area contributed by atoms with Crippen LogP contribution >= 0.6 is 23.7 Å². The summed E-state index contributed by atoms with van der Waals surface area (Å²) in [4.78, 5) is 3.96. The van der Waals surface area contributed by atoms with Gasteiger partial charge in [0.05, 0.1) is 11.2 Å². The predicted octanol–water partition coefficient (Wildman–Crippen LogP) is 2.98. The SMILES string of the molecule is Cc1ncc(S(=O)(=O)NCC(N)c2ccc(C(C)C)cc2)s1.Cl. The molecule has 1 unspecified atom stereocenters. The van der Waals surface area contributed by atoms with Crippen LogP contribution in [0.3, 0.4) is 0 Å². The molecule has 8 heteroatoms. The Labute approximate surface area is 147 Å². The van der Waals surface area contributed by atoms with Crippen molar-refractivity contribution in [3.05, 3.63) is 46.6 Å². The second-order valence-electron chi connectivity index (χ2n) is 5.48. The molecule has 0 bridgehead atoms. The van der Waals surface area contributed by atoms with E-state index >= 15 is 0 Å². The molecule has 0 radical (unpaired) electrons. The molecule has 3 N–H and O–H groups in total. The molecule has 0 amide bonds. The van der Waals surface area contributed by atoms with Gasteiger partial charge in [-0.15, -0.1) is 23.7 Å². The average Bonchev–Trinajstić information content (AvgIpc) is 2.92. The second-order valence-corrected chi connectivity index (χ2v) is 8.71. The van der Waals surface area contributed by atoms with Crippen LogP contribution in [0.15, 0.2) is 34.7 Å². The number of nitrogens with one attached hydrogen (secondary N) is 1. The van der Waals surface area contributed by atoms with Crippen molar-refractivity contribution in [2.24, 2.45) is 5.73 Å². The van der Waals surface area contributed by atoms with Crippen LogP contribution in [0, 0.1) is 6.92 Å². The van der Waals surface area contributed by atoms with Crippen LogP contribution in [0.4, 0.5) is 0 Å². The van der Waals surface area contributed by atoms with E-state index in [-0.39, 0.29) is 29.2 Å². The smallest absolute Gasteiger partial charge is 0.251 e. The van der Waals surface area contributed by atoms with Gasteiger partial charge in [0.25, 0.3) is 10.0 Å². The van der Waals surface area contributed by atoms with E-state index in [1.54, 1.807) is 6.92 Å². The van der Waals surface area contributed by atoms with Crippen molar-refractivity contribution in [3.63, 3.8) is 0 Å². The minimum absolute atomic E-state index is 0. The molecule has 1 aromatic carbocycles. The third kappa shape index (κ3) is 5.26. The molecule has 2 rings (SSSR count). The molecule has 0 aliphatic carbocycles. The Bertz CT molecular complexity index is 727. The van der Waals surface area contributed by atoms with E-state index in [2.05, 4.69) is 23.6 Å². The highest BCUT2D eigenvalue weighted by Gasteiger charge is 2.18. The van der Waals surface area contributed by atoms with E-state index in [0.717, 1.165) is 16.9 Å². The van der Waals surface area contributed by atoms with Gasteiger partial charge in [0.1, 0.15) is 0 Å². The lowest BCUT2D eigenvalue weighted by Gasteiger charge is -2.14. The summed E-state index contributed by atoms with van der Waals surface area (Å²) in [5.41, 5.74) is 8.22. The van der Waals surface area contributed by atoms with Crippen molar-refractivity contribution >= 4 is 33.8 Å². The van der Waals surface area contributed by atoms with Gasteiger partial charge < -0.3 is 5.73 Å². The molecule has 128 valence electrons. The topological polar surface area (TPSA) is 85.1 Å². The number of rotatable bonds is 6. The summed E-state index contributed by atoms with van der Waals surface area (Å²) >= 11 is 1.14. The van der Waals surface area contributed by atoms with Gasteiger partial charge in [-0.05, 0) is 24.0 Å². The fraction of sp³-hybridized carbons (Fsp3) is 0.400. The zero-order chi connectivity index (χ0) is 16.3. The fourth-order valence-electron chi connectivity index (χ4n) is 1.98. The summed E-state index contributed by atoms with van der Waals surface area (Å²) in [5, 5.41) is 0.717. The van der Waals surface area contributed by atoms with Crippen LogP contribution in [0.1, 0.15) is 41.9 Å². The summed E-state index contributed by atoms with van der Waals surface area (Å²) in [6.07, 6.45) is 1.37. The number of hydrogen-bond donors (Lipinski definition) is 2. The van der Waals surface area contributed by atoms with Crippen LogP contribution in [0.2, 0.25) is 0 Å². The molecule has 0 fully saturated rings. The molecule has 23 heavy (non-hydrogen) atoms. The molecular weight excluding hydrogens is 354 g/mol. The van der Waals surface area contributed by atoms with Crippen molar-refractivity contribution < 1.29 is 8.42 Å². The first-order chi connectivity index (χ1) is 10.3. The van der Waals surface area contributed by atoms with Gasteiger partial charge in [0, 0.05) is 12.6 Å². The quantitative estimate of drug-likeness (QED) is 0.812. The number of nitrogens with zero attached hydrogens (tertiary/aromatic N) is 1. The maximum absolute atomic E-state index is 12.1. The van der Waals surface area contributed by atoms with Gasteiger partial charge in [0.15, 0.2) is 4.21 Å². The Morgan fingerprint density at radius 3 is 2.26 bits per heavy atom. The Morgan fingerprint density at radius 2 is 1.78 bits per heavy atom. The summed E-state index contributed by atoms with van der Waals surface area (Å²) in [7, 11) is -3.54. The molecule has 5 nitrogen and oxygen atoms in total. The Balaban J connectivity index is 0.00000264. The highest BCUT2D eigenvalue weighted by Crippen LogP contribution is 2.19. The zero-order valence-electron chi connectivity index (χ0n) is 13.3. The fourth-order valence-corrected chi connectivity index (χ4v) is 4.19. The first kappa shape index (κ1) is 20.1. The number of halogens is 1. The molecule has 1 heterocycles. The van der Waals surface area contributed by atoms with Crippen LogP contribution in [0.25, 0.3) is 0 Å². The van der Waals surface area contributed by atoms with Crippen LogP contribution in [-0.2, 0) is 10.0 Å². The van der Waals surface area contributed by atoms with Crippen molar-refractivity contribution in [1.82, 2.24) is 9.71 Å². The lowest BCUT2D eigenvalue weighted by atomic mass is 9.99. The number of sulfonamides is 1. The average molecular weight is 376 g/mol. The number of nitrogens with two attached hydrogens (primary N) is 1. The predicted molar refractivity (Wildman–Crippen MR) is 96.7 cm³/mol. The molecule has 0 saturated carbocycles. The van der Waals surface area contributed by atoms with Gasteiger partial charge in [-0.1, -0.05) is 38.1 Å². The first-order valence-corrected chi connectivity index (χ1v) is 9.37. The minimum atomic E-state index is -3.54. The van der Waals surface area contributed by atoms with E-state index in [0.29, 0.717) is 10.9 Å². The molecule has 1 atom stereocenters. The number of aryl methyl sites for hydroxylation is 1. The Morgan fingerprint density at radius 1 is 1.22 bits per heavy atom. The first-order valence-electron chi connectivity index (χ1n) is 7.07. The lowest BCUT2D eigenvalue weighted by molar-refractivity contribution is 0.574. The summed E-state index contributed by atoms with van der Waals surface area (Å²) < 4.78 is 27.0. The minimum Gasteiger partial charge on any atom is -0.323 e. The number of aromatic nitrogens is 1. The normalized spacial score (nSPS) is 12.9. The van der Waals surface area contributed by atoms with E-state index in [9.17, 15) is 8.42 Å². The lowest BCUT2D eigenvalue weighted by Crippen LogP contribution is -2.31. The Hall–Kier alpha value is -0.990. The standard InChI is InChI=1S/C15H21N3O2S2.ClH/c1-10(2)12-4-6-13(7-5-12)14(16)8-18-22(19,20)15-9-17-11(3)21-15;/h4-7,9-10,14,18H,8,16H2,1-3H3;1H. The third-order valence-electron chi connectivity index (χ3n) is 3.39. The largest absolute Gasteiger partial charge is 0.323 e. The monoisotopic (exact) mass is 375 g/mol. The molecule has 0 aliphatic rings. The maximum atomic E-state index is 12.1. The Kier molecular flexibility index (Phi) is 7.16. The van der Waals surface area contributed by atoms with Gasteiger partial charge in [-0.25, -0.2) is 18.1 Å². The van der Waals surface area contributed by atoms with Crippen molar-refractivity contribution in [2.45, 2.75) is 36.9 Å². The van der Waals surface area contributed by atoms with E-state index in [1.807, 2.05) is 24.3 Å². The highest BCUT2D eigenvalue weighted by atomic mass is 35.5. The van der Waals surface area contributed by atoms with E-state index in [1.165, 1.54) is 11.8 Å². The zero-order valence-corrected chi connectivity index (χ0v) is 15.8. The van der Waals surface area contributed by atoms with Gasteiger partial charge >= 0.3 is 0 Å². The molecular formula is C15H22ClN3O2S2. The van der Waals surface area contributed by atoms with Gasteiger partial charge in [-0.2, -0.15) is 0 Å². The second kappa shape index (κ2) is 8.21.